The number of benzene rings is 2. The van der Waals surface area contributed by atoms with Crippen molar-refractivity contribution in [3.05, 3.63) is 64.8 Å². The molecule has 1 heterocycles. The summed E-state index contributed by atoms with van der Waals surface area (Å²) in [6.45, 7) is 2.17. The van der Waals surface area contributed by atoms with Gasteiger partial charge in [-0.3, -0.25) is 4.98 Å². The predicted octanol–water partition coefficient (Wildman–Crippen LogP) is 4.59. The Bertz CT molecular complexity index is 758. The summed E-state index contributed by atoms with van der Waals surface area (Å²) in [5, 5.41) is 0. The predicted molar refractivity (Wildman–Crippen MR) is 90.5 cm³/mol. The number of nitrogens with zero attached hydrogens (tertiary/aromatic N) is 3. The zero-order valence-corrected chi connectivity index (χ0v) is 13.6. The number of aromatic nitrogens is 2. The lowest BCUT2D eigenvalue weighted by Crippen LogP contribution is -2.22. The van der Waals surface area contributed by atoms with Crippen LogP contribution in [0.4, 0.5) is 5.82 Å². The van der Waals surface area contributed by atoms with Gasteiger partial charge in [0.25, 0.3) is 0 Å². The fraction of sp³-hybridized carbons (Fsp3) is 0.176. The van der Waals surface area contributed by atoms with Crippen LogP contribution in [-0.4, -0.2) is 17.0 Å². The third-order valence-electron chi connectivity index (χ3n) is 3.72. The molecule has 0 fully saturated rings. The molecule has 0 aliphatic carbocycles. The Morgan fingerprint density at radius 2 is 1.81 bits per heavy atom. The monoisotopic (exact) mass is 341 g/mol. The standard InChI is InChI=1S/C17H16BrN3/c1-12(13-6-4-3-5-7-13)21(2)17-11-19-16-10-14(18)8-9-15(16)20-17/h3-12H,1-2H3/t12-/m1/s1. The molecule has 0 aliphatic rings. The third kappa shape index (κ3) is 2.90. The topological polar surface area (TPSA) is 29.0 Å². The van der Waals surface area contributed by atoms with Crippen molar-refractivity contribution >= 4 is 32.8 Å². The first-order valence-corrected chi connectivity index (χ1v) is 7.64. The van der Waals surface area contributed by atoms with Gasteiger partial charge in [-0.1, -0.05) is 46.3 Å². The van der Waals surface area contributed by atoms with Crippen molar-refractivity contribution in [2.75, 3.05) is 11.9 Å². The van der Waals surface area contributed by atoms with Crippen LogP contribution in [0.1, 0.15) is 18.5 Å². The maximum atomic E-state index is 4.71. The largest absolute Gasteiger partial charge is 0.352 e. The fourth-order valence-corrected chi connectivity index (χ4v) is 2.65. The Morgan fingerprint density at radius 3 is 2.57 bits per heavy atom. The smallest absolute Gasteiger partial charge is 0.148 e. The van der Waals surface area contributed by atoms with Crippen LogP contribution in [0.25, 0.3) is 11.0 Å². The van der Waals surface area contributed by atoms with Gasteiger partial charge in [0.05, 0.1) is 23.3 Å². The van der Waals surface area contributed by atoms with Gasteiger partial charge in [-0.2, -0.15) is 0 Å². The zero-order valence-electron chi connectivity index (χ0n) is 12.0. The first-order chi connectivity index (χ1) is 10.1. The summed E-state index contributed by atoms with van der Waals surface area (Å²) in [4.78, 5) is 11.4. The highest BCUT2D eigenvalue weighted by Gasteiger charge is 2.14. The molecule has 1 aromatic heterocycles. The van der Waals surface area contributed by atoms with Crippen molar-refractivity contribution in [2.24, 2.45) is 0 Å². The number of rotatable bonds is 3. The number of hydrogen-bond donors (Lipinski definition) is 0. The molecule has 0 amide bonds. The Kier molecular flexibility index (Phi) is 3.88. The molecule has 3 aromatic rings. The Hall–Kier alpha value is -1.94. The molecule has 1 atom stereocenters. The molecule has 106 valence electrons. The van der Waals surface area contributed by atoms with E-state index >= 15 is 0 Å². The van der Waals surface area contributed by atoms with Crippen molar-refractivity contribution in [3.63, 3.8) is 0 Å². The second kappa shape index (κ2) is 5.82. The Labute approximate surface area is 132 Å². The average molecular weight is 342 g/mol. The van der Waals surface area contributed by atoms with Gasteiger partial charge in [0.2, 0.25) is 0 Å². The molecule has 2 aromatic carbocycles. The van der Waals surface area contributed by atoms with E-state index in [1.165, 1.54) is 5.56 Å². The van der Waals surface area contributed by atoms with Crippen LogP contribution in [0.5, 0.6) is 0 Å². The normalized spacial score (nSPS) is 12.3. The summed E-state index contributed by atoms with van der Waals surface area (Å²) < 4.78 is 1.02. The molecule has 0 aliphatic heterocycles. The lowest BCUT2D eigenvalue weighted by molar-refractivity contribution is 0.728. The van der Waals surface area contributed by atoms with Gasteiger partial charge >= 0.3 is 0 Å². The van der Waals surface area contributed by atoms with Crippen molar-refractivity contribution in [2.45, 2.75) is 13.0 Å². The van der Waals surface area contributed by atoms with Crippen LogP contribution in [-0.2, 0) is 0 Å². The minimum Gasteiger partial charge on any atom is -0.352 e. The molecule has 3 nitrogen and oxygen atoms in total. The summed E-state index contributed by atoms with van der Waals surface area (Å²) >= 11 is 3.46. The number of anilines is 1. The highest BCUT2D eigenvalue weighted by molar-refractivity contribution is 9.10. The van der Waals surface area contributed by atoms with Gasteiger partial charge in [0.1, 0.15) is 5.82 Å². The van der Waals surface area contributed by atoms with E-state index in [-0.39, 0.29) is 6.04 Å². The maximum Gasteiger partial charge on any atom is 0.148 e. The molecule has 0 spiro atoms. The fourth-order valence-electron chi connectivity index (χ4n) is 2.30. The number of fused-ring (bicyclic) bond motifs is 1. The van der Waals surface area contributed by atoms with Crippen molar-refractivity contribution in [1.29, 1.82) is 0 Å². The maximum absolute atomic E-state index is 4.71. The molecule has 0 bridgehead atoms. The van der Waals surface area contributed by atoms with Crippen LogP contribution >= 0.6 is 15.9 Å². The average Bonchev–Trinajstić information content (AvgIpc) is 2.53. The molecule has 3 rings (SSSR count). The number of halogens is 1. The molecule has 4 heteroatoms. The van der Waals surface area contributed by atoms with Gasteiger partial charge in [-0.15, -0.1) is 0 Å². The highest BCUT2D eigenvalue weighted by atomic mass is 79.9. The van der Waals surface area contributed by atoms with Gasteiger partial charge in [0.15, 0.2) is 0 Å². The molecule has 0 saturated heterocycles. The molecule has 0 saturated carbocycles. The van der Waals surface area contributed by atoms with E-state index in [2.05, 4.69) is 57.0 Å². The summed E-state index contributed by atoms with van der Waals surface area (Å²) in [7, 11) is 2.05. The van der Waals surface area contributed by atoms with Crippen LogP contribution < -0.4 is 4.90 Å². The summed E-state index contributed by atoms with van der Waals surface area (Å²) in [5.74, 6) is 0.876. The van der Waals surface area contributed by atoms with Crippen molar-refractivity contribution < 1.29 is 0 Å². The SMILES string of the molecule is C[C@H](c1ccccc1)N(C)c1cnc2cc(Br)ccc2n1. The third-order valence-corrected chi connectivity index (χ3v) is 4.21. The van der Waals surface area contributed by atoms with Crippen molar-refractivity contribution in [1.82, 2.24) is 9.97 Å². The van der Waals surface area contributed by atoms with E-state index in [0.29, 0.717) is 0 Å². The van der Waals surface area contributed by atoms with Crippen LogP contribution in [0.3, 0.4) is 0 Å². The zero-order chi connectivity index (χ0) is 14.8. The van der Waals surface area contributed by atoms with E-state index in [0.717, 1.165) is 21.3 Å². The summed E-state index contributed by atoms with van der Waals surface area (Å²) in [6, 6.07) is 16.6. The first kappa shape index (κ1) is 14.0. The van der Waals surface area contributed by atoms with Gasteiger partial charge in [0, 0.05) is 11.5 Å². The molecule has 0 radical (unpaired) electrons. The molecule has 0 N–H and O–H groups in total. The second-order valence-corrected chi connectivity index (χ2v) is 5.97. The molecular weight excluding hydrogens is 326 g/mol. The van der Waals surface area contributed by atoms with Crippen LogP contribution in [0, 0.1) is 0 Å². The minimum absolute atomic E-state index is 0.244. The second-order valence-electron chi connectivity index (χ2n) is 5.06. The highest BCUT2D eigenvalue weighted by Crippen LogP contribution is 2.25. The molecule has 21 heavy (non-hydrogen) atoms. The van der Waals surface area contributed by atoms with E-state index in [4.69, 9.17) is 4.98 Å². The summed E-state index contributed by atoms with van der Waals surface area (Å²) in [5.41, 5.74) is 3.06. The minimum atomic E-state index is 0.244. The van der Waals surface area contributed by atoms with E-state index in [9.17, 15) is 0 Å². The van der Waals surface area contributed by atoms with Crippen LogP contribution in [0.2, 0.25) is 0 Å². The quantitative estimate of drug-likeness (QED) is 0.697. The van der Waals surface area contributed by atoms with Gasteiger partial charge in [-0.25, -0.2) is 4.98 Å². The van der Waals surface area contributed by atoms with E-state index < -0.39 is 0 Å². The Morgan fingerprint density at radius 1 is 1.05 bits per heavy atom. The van der Waals surface area contributed by atoms with Crippen molar-refractivity contribution in [3.8, 4) is 0 Å². The Balaban J connectivity index is 1.94. The van der Waals surface area contributed by atoms with Gasteiger partial charge in [-0.05, 0) is 30.7 Å². The molecule has 0 unspecified atom stereocenters. The van der Waals surface area contributed by atoms with E-state index in [1.54, 1.807) is 0 Å². The van der Waals surface area contributed by atoms with Crippen LogP contribution in [0.15, 0.2) is 59.2 Å². The van der Waals surface area contributed by atoms with E-state index in [1.807, 2.05) is 37.5 Å². The van der Waals surface area contributed by atoms with Gasteiger partial charge < -0.3 is 4.90 Å². The molecular formula is C17H16BrN3. The lowest BCUT2D eigenvalue weighted by atomic mass is 10.1. The first-order valence-electron chi connectivity index (χ1n) is 6.85. The lowest BCUT2D eigenvalue weighted by Gasteiger charge is -2.26. The number of hydrogen-bond acceptors (Lipinski definition) is 3. The summed E-state index contributed by atoms with van der Waals surface area (Å²) in [6.07, 6.45) is 1.83.